The molecule has 0 aliphatic carbocycles. The monoisotopic (exact) mass is 453 g/mol. The molecule has 0 saturated carbocycles. The van der Waals surface area contributed by atoms with E-state index in [0.717, 1.165) is 19.9 Å². The highest BCUT2D eigenvalue weighted by Crippen LogP contribution is 2.40. The summed E-state index contributed by atoms with van der Waals surface area (Å²) in [6, 6.07) is 1.68. The number of rotatable bonds is 8. The van der Waals surface area contributed by atoms with Crippen molar-refractivity contribution in [1.29, 1.82) is 0 Å². The van der Waals surface area contributed by atoms with Gasteiger partial charge in [0.1, 0.15) is 28.4 Å². The number of unbranched alkanes of at least 4 members (excludes halogenated alkanes) is 1. The maximum absolute atomic E-state index is 13.7. The standard InChI is InChI=1S/C20H25F6N3O2/c1-17(2,31)11-12(30)7-5-6-8-15-27-13-9-10-14(19(21,22)23)28-16(13)29(15)18(3,4)20(24,25)26/h9-10,31H,5-8,11H2,1-4H3. The van der Waals surface area contributed by atoms with Gasteiger partial charge in [0.15, 0.2) is 5.65 Å². The first kappa shape index (κ1) is 25.1. The van der Waals surface area contributed by atoms with Gasteiger partial charge in [-0.25, -0.2) is 9.97 Å². The second-order valence-electron chi connectivity index (χ2n) is 8.69. The number of Topliss-reactive ketones (excluding diaryl/α,β-unsaturated/α-hetero) is 1. The zero-order valence-electron chi connectivity index (χ0n) is 17.7. The van der Waals surface area contributed by atoms with Gasteiger partial charge in [0, 0.05) is 19.3 Å². The Hall–Kier alpha value is -2.17. The first-order chi connectivity index (χ1) is 13.9. The molecule has 0 saturated heterocycles. The van der Waals surface area contributed by atoms with Crippen molar-refractivity contribution in [1.82, 2.24) is 14.5 Å². The Bertz CT molecular complexity index is 939. The molecule has 2 rings (SSSR count). The number of carbonyl (C=O) groups is 1. The minimum Gasteiger partial charge on any atom is -0.390 e. The van der Waals surface area contributed by atoms with E-state index in [1.807, 2.05) is 0 Å². The first-order valence-electron chi connectivity index (χ1n) is 9.70. The highest BCUT2D eigenvalue weighted by atomic mass is 19.4. The molecule has 11 heteroatoms. The maximum Gasteiger partial charge on any atom is 0.433 e. The van der Waals surface area contributed by atoms with Gasteiger partial charge in [-0.15, -0.1) is 0 Å². The van der Waals surface area contributed by atoms with E-state index in [-0.39, 0.29) is 36.4 Å². The Kier molecular flexibility index (Phi) is 6.80. The number of nitrogens with zero attached hydrogens (tertiary/aromatic N) is 3. The molecule has 0 aromatic carbocycles. The Balaban J connectivity index is 2.35. The van der Waals surface area contributed by atoms with Crippen LogP contribution in [0.25, 0.3) is 11.2 Å². The van der Waals surface area contributed by atoms with Crippen molar-refractivity contribution in [3.63, 3.8) is 0 Å². The van der Waals surface area contributed by atoms with E-state index < -0.39 is 34.8 Å². The smallest absolute Gasteiger partial charge is 0.390 e. The van der Waals surface area contributed by atoms with E-state index >= 15 is 0 Å². The van der Waals surface area contributed by atoms with E-state index in [1.54, 1.807) is 0 Å². The topological polar surface area (TPSA) is 68.0 Å². The van der Waals surface area contributed by atoms with Crippen LogP contribution in [0.15, 0.2) is 12.1 Å². The maximum atomic E-state index is 13.7. The molecule has 2 aromatic rings. The minimum absolute atomic E-state index is 0.0209. The van der Waals surface area contributed by atoms with Crippen LogP contribution in [0.3, 0.4) is 0 Å². The number of hydrogen-bond acceptors (Lipinski definition) is 4. The average molecular weight is 453 g/mol. The number of aryl methyl sites for hydroxylation is 1. The van der Waals surface area contributed by atoms with Gasteiger partial charge >= 0.3 is 12.4 Å². The van der Waals surface area contributed by atoms with Crippen LogP contribution in [0.1, 0.15) is 64.9 Å². The van der Waals surface area contributed by atoms with E-state index in [1.165, 1.54) is 13.8 Å². The summed E-state index contributed by atoms with van der Waals surface area (Å²) in [5.41, 5.74) is -5.57. The van der Waals surface area contributed by atoms with Gasteiger partial charge in [-0.1, -0.05) is 0 Å². The lowest BCUT2D eigenvalue weighted by molar-refractivity contribution is -0.202. The van der Waals surface area contributed by atoms with Crippen LogP contribution in [-0.4, -0.2) is 37.2 Å². The summed E-state index contributed by atoms with van der Waals surface area (Å²) in [6.07, 6.45) is -8.85. The van der Waals surface area contributed by atoms with E-state index in [9.17, 15) is 36.2 Å². The molecule has 0 atom stereocenters. The van der Waals surface area contributed by atoms with Crippen molar-refractivity contribution in [3.05, 3.63) is 23.7 Å². The third kappa shape index (κ3) is 5.96. The SMILES string of the molecule is CC(C)(O)CC(=O)CCCCc1nc2ccc(C(F)(F)F)nc2n1C(C)(C)C(F)(F)F. The van der Waals surface area contributed by atoms with Gasteiger partial charge < -0.3 is 5.11 Å². The number of alkyl halides is 6. The quantitative estimate of drug-likeness (QED) is 0.441. The molecule has 0 unspecified atom stereocenters. The van der Waals surface area contributed by atoms with Crippen molar-refractivity contribution in [2.75, 3.05) is 0 Å². The Morgan fingerprint density at radius 1 is 1.00 bits per heavy atom. The lowest BCUT2D eigenvalue weighted by atomic mass is 9.98. The lowest BCUT2D eigenvalue weighted by Crippen LogP contribution is -2.43. The van der Waals surface area contributed by atoms with Gasteiger partial charge in [0.2, 0.25) is 0 Å². The fourth-order valence-corrected chi connectivity index (χ4v) is 3.22. The first-order valence-corrected chi connectivity index (χ1v) is 9.70. The van der Waals surface area contributed by atoms with Crippen LogP contribution in [0, 0.1) is 0 Å². The molecule has 5 nitrogen and oxygen atoms in total. The van der Waals surface area contributed by atoms with E-state index in [0.29, 0.717) is 23.5 Å². The molecule has 2 aromatic heterocycles. The third-order valence-electron chi connectivity index (χ3n) is 4.85. The molecule has 0 aliphatic heterocycles. The molecule has 0 amide bonds. The molecule has 1 N–H and O–H groups in total. The van der Waals surface area contributed by atoms with Gasteiger partial charge in [-0.3, -0.25) is 9.36 Å². The number of pyridine rings is 1. The van der Waals surface area contributed by atoms with Gasteiger partial charge in [0.05, 0.1) is 5.60 Å². The third-order valence-corrected chi connectivity index (χ3v) is 4.85. The van der Waals surface area contributed by atoms with E-state index in [4.69, 9.17) is 0 Å². The van der Waals surface area contributed by atoms with Crippen LogP contribution in [0.4, 0.5) is 26.3 Å². The second kappa shape index (κ2) is 8.40. The molecule has 31 heavy (non-hydrogen) atoms. The van der Waals surface area contributed by atoms with Crippen molar-refractivity contribution in [2.24, 2.45) is 0 Å². The summed E-state index contributed by atoms with van der Waals surface area (Å²) < 4.78 is 81.1. The number of hydrogen-bond donors (Lipinski definition) is 1. The van der Waals surface area contributed by atoms with Gasteiger partial charge in [-0.05, 0) is 52.7 Å². The molecule has 0 radical (unpaired) electrons. The van der Waals surface area contributed by atoms with Crippen molar-refractivity contribution >= 4 is 16.9 Å². The summed E-state index contributed by atoms with van der Waals surface area (Å²) in [4.78, 5) is 19.4. The fraction of sp³-hybridized carbons (Fsp3) is 0.650. The molecule has 0 fully saturated rings. The largest absolute Gasteiger partial charge is 0.433 e. The molecule has 0 aliphatic rings. The Labute approximate surface area is 175 Å². The number of ketones is 1. The Morgan fingerprint density at radius 2 is 1.61 bits per heavy atom. The lowest BCUT2D eigenvalue weighted by Gasteiger charge is -2.31. The molecular weight excluding hydrogens is 428 g/mol. The van der Waals surface area contributed by atoms with Gasteiger partial charge in [-0.2, -0.15) is 26.3 Å². The summed E-state index contributed by atoms with van der Waals surface area (Å²) in [5, 5.41) is 9.66. The highest BCUT2D eigenvalue weighted by molar-refractivity contribution is 5.79. The predicted octanol–water partition coefficient (Wildman–Crippen LogP) is 5.19. The molecule has 174 valence electrons. The minimum atomic E-state index is -4.81. The Morgan fingerprint density at radius 3 is 2.13 bits per heavy atom. The van der Waals surface area contributed by atoms with Crippen molar-refractivity contribution in [3.8, 4) is 0 Å². The van der Waals surface area contributed by atoms with Crippen molar-refractivity contribution in [2.45, 2.75) is 83.3 Å². The number of fused-ring (bicyclic) bond motifs is 1. The van der Waals surface area contributed by atoms with Crippen molar-refractivity contribution < 1.29 is 36.2 Å². The summed E-state index contributed by atoms with van der Waals surface area (Å²) >= 11 is 0. The zero-order valence-corrected chi connectivity index (χ0v) is 17.7. The van der Waals surface area contributed by atoms with Crippen LogP contribution in [-0.2, 0) is 22.9 Å². The fourth-order valence-electron chi connectivity index (χ4n) is 3.22. The number of aromatic nitrogens is 3. The van der Waals surface area contributed by atoms with Crippen LogP contribution >= 0.6 is 0 Å². The molecule has 2 heterocycles. The van der Waals surface area contributed by atoms with E-state index in [2.05, 4.69) is 9.97 Å². The van der Waals surface area contributed by atoms with Crippen LogP contribution < -0.4 is 0 Å². The molecular formula is C20H25F6N3O2. The molecule has 0 bridgehead atoms. The van der Waals surface area contributed by atoms with Crippen LogP contribution in [0.5, 0.6) is 0 Å². The summed E-state index contributed by atoms with van der Waals surface area (Å²) in [6.45, 7) is 4.70. The summed E-state index contributed by atoms with van der Waals surface area (Å²) in [5.74, 6) is -0.243. The number of halogens is 6. The van der Waals surface area contributed by atoms with Gasteiger partial charge in [0.25, 0.3) is 0 Å². The zero-order chi connectivity index (χ0) is 23.8. The number of imidazole rings is 1. The highest BCUT2D eigenvalue weighted by Gasteiger charge is 2.50. The second-order valence-corrected chi connectivity index (χ2v) is 8.69. The normalized spacial score (nSPS) is 13.8. The predicted molar refractivity (Wildman–Crippen MR) is 101 cm³/mol. The number of aliphatic hydroxyl groups is 1. The number of carbonyl (C=O) groups excluding carboxylic acids is 1. The van der Waals surface area contributed by atoms with Crippen LogP contribution in [0.2, 0.25) is 0 Å². The summed E-state index contributed by atoms with van der Waals surface area (Å²) in [7, 11) is 0. The molecule has 0 spiro atoms. The average Bonchev–Trinajstić information content (AvgIpc) is 2.93.